The first-order valence-electron chi connectivity index (χ1n) is 11.0. The van der Waals surface area contributed by atoms with Crippen LogP contribution in [0.3, 0.4) is 0 Å². The predicted molar refractivity (Wildman–Crippen MR) is 135 cm³/mol. The Morgan fingerprint density at radius 3 is 2.66 bits per heavy atom. The lowest BCUT2D eigenvalue weighted by Gasteiger charge is -2.38. The van der Waals surface area contributed by atoms with E-state index in [1.54, 1.807) is 22.9 Å². The maximum Gasteiger partial charge on any atom is 0.227 e. The zero-order valence-corrected chi connectivity index (χ0v) is 21.3. The number of nitrogens with one attached hydrogen (secondary N) is 1. The second kappa shape index (κ2) is 9.08. The van der Waals surface area contributed by atoms with Crippen molar-refractivity contribution >= 4 is 52.5 Å². The lowest BCUT2D eigenvalue weighted by atomic mass is 9.73. The quantitative estimate of drug-likeness (QED) is 0.305. The van der Waals surface area contributed by atoms with Crippen molar-refractivity contribution in [1.29, 1.82) is 0 Å². The molecule has 0 amide bonds. The van der Waals surface area contributed by atoms with Crippen molar-refractivity contribution in [2.24, 2.45) is 5.41 Å². The van der Waals surface area contributed by atoms with Gasteiger partial charge in [-0.2, -0.15) is 4.98 Å². The summed E-state index contributed by atoms with van der Waals surface area (Å²) in [5.41, 5.74) is 2.34. The minimum Gasteiger partial charge on any atom is -0.328 e. The Labute approximate surface area is 215 Å². The molecule has 5 rings (SSSR count). The normalized spacial score (nSPS) is 18.7. The Kier molecular flexibility index (Phi) is 6.23. The monoisotopic (exact) mass is 530 g/mol. The van der Waals surface area contributed by atoms with Crippen LogP contribution < -0.4 is 5.32 Å². The van der Waals surface area contributed by atoms with Gasteiger partial charge in [-0.05, 0) is 48.2 Å². The molecule has 0 bridgehead atoms. The number of allylic oxidation sites excluding steroid dienone is 2. The van der Waals surface area contributed by atoms with Crippen LogP contribution in [0.4, 0.5) is 10.3 Å². The van der Waals surface area contributed by atoms with Gasteiger partial charge in [0.05, 0.1) is 5.75 Å². The Bertz CT molecular complexity index is 1380. The maximum atomic E-state index is 13.3. The van der Waals surface area contributed by atoms with Crippen LogP contribution in [0, 0.1) is 11.2 Å². The van der Waals surface area contributed by atoms with E-state index in [1.165, 1.54) is 36.0 Å². The molecule has 2 aliphatic rings. The molecule has 180 valence electrons. The number of rotatable bonds is 5. The topological polar surface area (TPSA) is 76.9 Å². The molecule has 1 aliphatic carbocycles. The highest BCUT2D eigenvalue weighted by Crippen LogP contribution is 2.47. The van der Waals surface area contributed by atoms with Crippen LogP contribution in [-0.2, 0) is 4.79 Å². The molecule has 3 aromatic rings. The SMILES string of the molecule is CC1(C)CC(=O)C2=C(C1)Nc1nc(SCC(=O)c3ccc(F)cc3)nn1[C@@H]2c1ccc(Cl)cc1Cl. The second-order valence-electron chi connectivity index (χ2n) is 9.41. The van der Waals surface area contributed by atoms with Gasteiger partial charge >= 0.3 is 0 Å². The maximum absolute atomic E-state index is 13.3. The molecule has 1 N–H and O–H groups in total. The average molecular weight is 531 g/mol. The molecule has 2 aromatic carbocycles. The fourth-order valence-electron chi connectivity index (χ4n) is 4.51. The number of ketones is 2. The Balaban J connectivity index is 1.50. The van der Waals surface area contributed by atoms with Crippen molar-refractivity contribution in [1.82, 2.24) is 14.8 Å². The molecule has 0 unspecified atom stereocenters. The lowest BCUT2D eigenvalue weighted by Crippen LogP contribution is -2.36. The molecule has 1 aliphatic heterocycles. The first-order valence-corrected chi connectivity index (χ1v) is 12.7. The molecular weight excluding hydrogens is 510 g/mol. The molecule has 0 fully saturated rings. The van der Waals surface area contributed by atoms with Gasteiger partial charge in [0.2, 0.25) is 11.1 Å². The second-order valence-corrected chi connectivity index (χ2v) is 11.2. The summed E-state index contributed by atoms with van der Waals surface area (Å²) in [7, 11) is 0. The summed E-state index contributed by atoms with van der Waals surface area (Å²) in [4.78, 5) is 30.5. The molecular formula is C25H21Cl2FN4O2S. The van der Waals surface area contributed by atoms with Crippen LogP contribution in [0.25, 0.3) is 0 Å². The van der Waals surface area contributed by atoms with Gasteiger partial charge in [-0.3, -0.25) is 9.59 Å². The number of benzene rings is 2. The fraction of sp³-hybridized carbons (Fsp3) is 0.280. The molecule has 10 heteroatoms. The summed E-state index contributed by atoms with van der Waals surface area (Å²) in [6.07, 6.45) is 1.08. The molecule has 0 saturated carbocycles. The number of halogens is 3. The number of thioether (sulfide) groups is 1. The van der Waals surface area contributed by atoms with Gasteiger partial charge < -0.3 is 5.32 Å². The number of aromatic nitrogens is 3. The number of Topliss-reactive ketones (excluding diaryl/α,β-unsaturated/α-hetero) is 2. The molecule has 0 radical (unpaired) electrons. The number of hydrogen-bond donors (Lipinski definition) is 1. The highest BCUT2D eigenvalue weighted by molar-refractivity contribution is 7.99. The molecule has 0 spiro atoms. The minimum atomic E-state index is -0.565. The van der Waals surface area contributed by atoms with E-state index in [0.717, 1.165) is 5.70 Å². The smallest absolute Gasteiger partial charge is 0.227 e. The molecule has 0 saturated heterocycles. The van der Waals surface area contributed by atoms with Gasteiger partial charge in [0.15, 0.2) is 11.6 Å². The van der Waals surface area contributed by atoms with E-state index in [9.17, 15) is 14.0 Å². The van der Waals surface area contributed by atoms with Crippen molar-refractivity contribution in [2.45, 2.75) is 37.9 Å². The van der Waals surface area contributed by atoms with Crippen molar-refractivity contribution in [2.75, 3.05) is 11.1 Å². The molecule has 35 heavy (non-hydrogen) atoms. The fourth-order valence-corrected chi connectivity index (χ4v) is 5.75. The number of hydrogen-bond acceptors (Lipinski definition) is 6. The van der Waals surface area contributed by atoms with E-state index in [2.05, 4.69) is 29.2 Å². The van der Waals surface area contributed by atoms with E-state index < -0.39 is 11.9 Å². The van der Waals surface area contributed by atoms with Gasteiger partial charge in [0, 0.05) is 38.9 Å². The third-order valence-electron chi connectivity index (χ3n) is 6.07. The predicted octanol–water partition coefficient (Wildman–Crippen LogP) is 6.36. The number of anilines is 1. The van der Waals surface area contributed by atoms with Crippen LogP contribution in [0.1, 0.15) is 48.7 Å². The summed E-state index contributed by atoms with van der Waals surface area (Å²) in [5, 5.41) is 9.23. The molecule has 1 atom stereocenters. The Morgan fingerprint density at radius 1 is 1.20 bits per heavy atom. The van der Waals surface area contributed by atoms with E-state index in [0.29, 0.717) is 50.7 Å². The van der Waals surface area contributed by atoms with Crippen LogP contribution in [0.15, 0.2) is 58.9 Å². The Hall–Kier alpha value is -2.68. The van der Waals surface area contributed by atoms with Crippen LogP contribution in [0.5, 0.6) is 0 Å². The van der Waals surface area contributed by atoms with Crippen LogP contribution in [0.2, 0.25) is 10.0 Å². The summed E-state index contributed by atoms with van der Waals surface area (Å²) < 4.78 is 14.8. The summed E-state index contributed by atoms with van der Waals surface area (Å²) in [5.74, 6) is 0.0244. The standard InChI is InChI=1S/C25H21Cl2FN4O2S/c1-25(2)10-18-21(19(33)11-25)22(16-8-5-14(26)9-17(16)27)32-23(29-18)30-24(31-32)35-12-20(34)13-3-6-15(28)7-4-13/h3-9,22H,10-12H2,1-2H3,(H,29,30,31)/t22-/m1/s1. The van der Waals surface area contributed by atoms with Crippen molar-refractivity contribution < 1.29 is 14.0 Å². The number of fused-ring (bicyclic) bond motifs is 1. The van der Waals surface area contributed by atoms with E-state index in [-0.39, 0.29) is 22.7 Å². The first-order chi connectivity index (χ1) is 16.6. The summed E-state index contributed by atoms with van der Waals surface area (Å²) in [6, 6.07) is 10.0. The van der Waals surface area contributed by atoms with Gasteiger partial charge in [-0.1, -0.05) is 54.9 Å². The van der Waals surface area contributed by atoms with Crippen LogP contribution in [-0.4, -0.2) is 32.1 Å². The highest BCUT2D eigenvalue weighted by Gasteiger charge is 2.42. The first kappa shape index (κ1) is 24.0. The summed E-state index contributed by atoms with van der Waals surface area (Å²) in [6.45, 7) is 4.12. The number of carbonyl (C=O) groups is 2. The Morgan fingerprint density at radius 2 is 1.94 bits per heavy atom. The number of carbonyl (C=O) groups excluding carboxylic acids is 2. The molecule has 2 heterocycles. The molecule has 1 aromatic heterocycles. The number of nitrogens with zero attached hydrogens (tertiary/aromatic N) is 3. The van der Waals surface area contributed by atoms with Crippen molar-refractivity contribution in [3.8, 4) is 0 Å². The van der Waals surface area contributed by atoms with Gasteiger partial charge in [0.1, 0.15) is 11.9 Å². The largest absolute Gasteiger partial charge is 0.328 e. The zero-order chi connectivity index (χ0) is 24.9. The molecule has 6 nitrogen and oxygen atoms in total. The minimum absolute atomic E-state index is 0.0293. The van der Waals surface area contributed by atoms with Crippen molar-refractivity contribution in [3.63, 3.8) is 0 Å². The third-order valence-corrected chi connectivity index (χ3v) is 7.47. The van der Waals surface area contributed by atoms with E-state index >= 15 is 0 Å². The van der Waals surface area contributed by atoms with Crippen LogP contribution >= 0.6 is 35.0 Å². The summed E-state index contributed by atoms with van der Waals surface area (Å²) >= 11 is 13.9. The van der Waals surface area contributed by atoms with E-state index in [1.807, 2.05) is 0 Å². The van der Waals surface area contributed by atoms with Gasteiger partial charge in [0.25, 0.3) is 0 Å². The van der Waals surface area contributed by atoms with Gasteiger partial charge in [-0.15, -0.1) is 5.10 Å². The van der Waals surface area contributed by atoms with Gasteiger partial charge in [-0.25, -0.2) is 9.07 Å². The average Bonchev–Trinajstić information content (AvgIpc) is 3.18. The van der Waals surface area contributed by atoms with E-state index in [4.69, 9.17) is 23.2 Å². The lowest BCUT2D eigenvalue weighted by molar-refractivity contribution is -0.118. The highest BCUT2D eigenvalue weighted by atomic mass is 35.5. The third kappa shape index (κ3) is 4.75. The zero-order valence-electron chi connectivity index (χ0n) is 18.9. The van der Waals surface area contributed by atoms with Crippen molar-refractivity contribution in [3.05, 3.63) is 80.7 Å².